The van der Waals surface area contributed by atoms with Gasteiger partial charge in [0.15, 0.2) is 0 Å². The van der Waals surface area contributed by atoms with Crippen LogP contribution in [0.15, 0.2) is 18.2 Å². The monoisotopic (exact) mass is 208 g/mol. The number of amides is 1. The Labute approximate surface area is 89.3 Å². The Kier molecular flexibility index (Phi) is 4.12. The van der Waals surface area contributed by atoms with Gasteiger partial charge in [-0.1, -0.05) is 6.07 Å². The van der Waals surface area contributed by atoms with Crippen molar-refractivity contribution in [2.45, 2.75) is 13.3 Å². The zero-order valence-electron chi connectivity index (χ0n) is 9.00. The third kappa shape index (κ3) is 3.59. The molecule has 15 heavy (non-hydrogen) atoms. The predicted octanol–water partition coefficient (Wildman–Crippen LogP) is 1.25. The molecule has 0 spiro atoms. The standard InChI is InChI=1S/C11H16N2O2/c1-8-3-4-9(7-10(8)14)13-11(15)5-6-12-2/h3-4,7,12,14H,5-6H2,1-2H3,(H,13,15). The van der Waals surface area contributed by atoms with Crippen LogP contribution in [0.1, 0.15) is 12.0 Å². The molecule has 0 bridgehead atoms. The number of nitrogens with one attached hydrogen (secondary N) is 2. The number of carbonyl (C=O) groups excluding carboxylic acids is 1. The third-order valence-corrected chi connectivity index (χ3v) is 2.09. The highest BCUT2D eigenvalue weighted by atomic mass is 16.3. The molecule has 0 aliphatic rings. The number of phenolic OH excluding ortho intramolecular Hbond substituents is 1. The largest absolute Gasteiger partial charge is 0.508 e. The van der Waals surface area contributed by atoms with Crippen molar-refractivity contribution in [3.8, 4) is 5.75 Å². The zero-order valence-corrected chi connectivity index (χ0v) is 9.00. The lowest BCUT2D eigenvalue weighted by atomic mass is 10.2. The van der Waals surface area contributed by atoms with Crippen molar-refractivity contribution in [1.29, 1.82) is 0 Å². The molecule has 0 saturated heterocycles. The smallest absolute Gasteiger partial charge is 0.225 e. The highest BCUT2D eigenvalue weighted by molar-refractivity contribution is 5.91. The lowest BCUT2D eigenvalue weighted by Crippen LogP contribution is -2.18. The molecular weight excluding hydrogens is 192 g/mol. The van der Waals surface area contributed by atoms with Crippen LogP contribution in [0, 0.1) is 6.92 Å². The normalized spacial score (nSPS) is 10.0. The van der Waals surface area contributed by atoms with Gasteiger partial charge in [-0.2, -0.15) is 0 Å². The molecule has 0 aliphatic carbocycles. The summed E-state index contributed by atoms with van der Waals surface area (Å²) < 4.78 is 0. The minimum Gasteiger partial charge on any atom is -0.508 e. The number of carbonyl (C=O) groups is 1. The van der Waals surface area contributed by atoms with Crippen molar-refractivity contribution < 1.29 is 9.90 Å². The summed E-state index contributed by atoms with van der Waals surface area (Å²) in [6, 6.07) is 5.09. The number of rotatable bonds is 4. The molecule has 0 heterocycles. The van der Waals surface area contributed by atoms with Crippen molar-refractivity contribution in [2.75, 3.05) is 18.9 Å². The highest BCUT2D eigenvalue weighted by Gasteiger charge is 2.03. The van der Waals surface area contributed by atoms with Gasteiger partial charge < -0.3 is 15.7 Å². The van der Waals surface area contributed by atoms with Gasteiger partial charge in [-0.3, -0.25) is 4.79 Å². The van der Waals surface area contributed by atoms with E-state index >= 15 is 0 Å². The fourth-order valence-electron chi connectivity index (χ4n) is 1.15. The molecule has 0 atom stereocenters. The summed E-state index contributed by atoms with van der Waals surface area (Å²) >= 11 is 0. The number of hydrogen-bond donors (Lipinski definition) is 3. The van der Waals surface area contributed by atoms with Crippen LogP contribution in [-0.2, 0) is 4.79 Å². The number of phenols is 1. The first-order valence-electron chi connectivity index (χ1n) is 4.87. The third-order valence-electron chi connectivity index (χ3n) is 2.09. The van der Waals surface area contributed by atoms with Crippen molar-refractivity contribution in [2.24, 2.45) is 0 Å². The van der Waals surface area contributed by atoms with Gasteiger partial charge in [-0.15, -0.1) is 0 Å². The van der Waals surface area contributed by atoms with Crippen LogP contribution < -0.4 is 10.6 Å². The summed E-state index contributed by atoms with van der Waals surface area (Å²) in [7, 11) is 1.80. The quantitative estimate of drug-likeness (QED) is 0.697. The Morgan fingerprint density at radius 2 is 2.20 bits per heavy atom. The van der Waals surface area contributed by atoms with E-state index in [1.54, 1.807) is 25.2 Å². The molecule has 0 aliphatic heterocycles. The fourth-order valence-corrected chi connectivity index (χ4v) is 1.15. The van der Waals surface area contributed by atoms with E-state index in [1.807, 2.05) is 6.92 Å². The molecule has 3 N–H and O–H groups in total. The predicted molar refractivity (Wildman–Crippen MR) is 60.0 cm³/mol. The Morgan fingerprint density at radius 1 is 1.47 bits per heavy atom. The molecule has 0 fully saturated rings. The van der Waals surface area contributed by atoms with Crippen molar-refractivity contribution in [3.05, 3.63) is 23.8 Å². The van der Waals surface area contributed by atoms with Crippen molar-refractivity contribution in [1.82, 2.24) is 5.32 Å². The van der Waals surface area contributed by atoms with Crippen LogP contribution in [0.4, 0.5) is 5.69 Å². The first kappa shape index (κ1) is 11.5. The van der Waals surface area contributed by atoms with Crippen molar-refractivity contribution >= 4 is 11.6 Å². The zero-order chi connectivity index (χ0) is 11.3. The van der Waals surface area contributed by atoms with Crippen LogP contribution in [0.3, 0.4) is 0 Å². The van der Waals surface area contributed by atoms with Crippen molar-refractivity contribution in [3.63, 3.8) is 0 Å². The van der Waals surface area contributed by atoms with Gasteiger partial charge in [0.2, 0.25) is 5.91 Å². The van der Waals surface area contributed by atoms with Gasteiger partial charge in [0.1, 0.15) is 5.75 Å². The molecule has 0 unspecified atom stereocenters. The number of hydrogen-bond acceptors (Lipinski definition) is 3. The van der Waals surface area contributed by atoms with E-state index in [9.17, 15) is 9.90 Å². The molecular formula is C11H16N2O2. The number of aryl methyl sites for hydroxylation is 1. The first-order valence-corrected chi connectivity index (χ1v) is 4.87. The van der Waals surface area contributed by atoms with E-state index in [0.717, 1.165) is 5.56 Å². The van der Waals surface area contributed by atoms with Crippen LogP contribution in [0.25, 0.3) is 0 Å². The van der Waals surface area contributed by atoms with E-state index in [-0.39, 0.29) is 11.7 Å². The van der Waals surface area contributed by atoms with E-state index in [4.69, 9.17) is 0 Å². The summed E-state index contributed by atoms with van der Waals surface area (Å²) in [5.74, 6) is 0.133. The molecule has 82 valence electrons. The molecule has 4 heteroatoms. The lowest BCUT2D eigenvalue weighted by molar-refractivity contribution is -0.116. The van der Waals surface area contributed by atoms with Gasteiger partial charge in [0.25, 0.3) is 0 Å². The Bertz CT molecular complexity index is 350. The van der Waals surface area contributed by atoms with E-state index in [2.05, 4.69) is 10.6 Å². The summed E-state index contributed by atoms with van der Waals surface area (Å²) in [4.78, 5) is 11.3. The molecule has 0 aromatic heterocycles. The summed E-state index contributed by atoms with van der Waals surface area (Å²) in [5, 5.41) is 15.0. The minimum absolute atomic E-state index is 0.0624. The second-order valence-electron chi connectivity index (χ2n) is 3.40. The Balaban J connectivity index is 2.57. The van der Waals surface area contributed by atoms with Crippen LogP contribution in [-0.4, -0.2) is 24.6 Å². The maximum Gasteiger partial charge on any atom is 0.225 e. The maximum absolute atomic E-state index is 11.3. The van der Waals surface area contributed by atoms with Gasteiger partial charge >= 0.3 is 0 Å². The summed E-state index contributed by atoms with van der Waals surface area (Å²) in [6.07, 6.45) is 0.422. The topological polar surface area (TPSA) is 61.4 Å². The lowest BCUT2D eigenvalue weighted by Gasteiger charge is -2.06. The minimum atomic E-state index is -0.0624. The molecule has 1 amide bonds. The molecule has 1 aromatic carbocycles. The second-order valence-corrected chi connectivity index (χ2v) is 3.40. The number of anilines is 1. The molecule has 1 aromatic rings. The van der Waals surface area contributed by atoms with Gasteiger partial charge in [-0.05, 0) is 25.6 Å². The van der Waals surface area contributed by atoms with Crippen LogP contribution in [0.2, 0.25) is 0 Å². The van der Waals surface area contributed by atoms with E-state index in [1.165, 1.54) is 0 Å². The second kappa shape index (κ2) is 5.36. The van der Waals surface area contributed by atoms with Gasteiger partial charge in [-0.25, -0.2) is 0 Å². The Morgan fingerprint density at radius 3 is 2.80 bits per heavy atom. The SMILES string of the molecule is CNCCC(=O)Nc1ccc(C)c(O)c1. The number of benzene rings is 1. The molecule has 0 radical (unpaired) electrons. The Hall–Kier alpha value is -1.55. The van der Waals surface area contributed by atoms with Gasteiger partial charge in [0, 0.05) is 24.7 Å². The number of aromatic hydroxyl groups is 1. The van der Waals surface area contributed by atoms with E-state index in [0.29, 0.717) is 18.7 Å². The maximum atomic E-state index is 11.3. The van der Waals surface area contributed by atoms with E-state index < -0.39 is 0 Å². The van der Waals surface area contributed by atoms with Crippen LogP contribution in [0.5, 0.6) is 5.75 Å². The summed E-state index contributed by atoms with van der Waals surface area (Å²) in [6.45, 7) is 2.45. The van der Waals surface area contributed by atoms with Crippen LogP contribution >= 0.6 is 0 Å². The van der Waals surface area contributed by atoms with Gasteiger partial charge in [0.05, 0.1) is 0 Å². The average molecular weight is 208 g/mol. The fraction of sp³-hybridized carbons (Fsp3) is 0.364. The molecule has 4 nitrogen and oxygen atoms in total. The first-order chi connectivity index (χ1) is 7.13. The average Bonchev–Trinajstić information content (AvgIpc) is 2.20. The molecule has 1 rings (SSSR count). The summed E-state index contributed by atoms with van der Waals surface area (Å²) in [5.41, 5.74) is 1.42. The highest BCUT2D eigenvalue weighted by Crippen LogP contribution is 2.20. The molecule has 0 saturated carbocycles.